The zero-order chi connectivity index (χ0) is 15.3. The number of benzene rings is 2. The summed E-state index contributed by atoms with van der Waals surface area (Å²) >= 11 is 1.59. The average molecular weight is 312 g/mol. The van der Waals surface area contributed by atoms with Gasteiger partial charge in [-0.2, -0.15) is 13.2 Å². The highest BCUT2D eigenvalue weighted by Gasteiger charge is 2.29. The van der Waals surface area contributed by atoms with Crippen molar-refractivity contribution in [1.29, 1.82) is 0 Å². The van der Waals surface area contributed by atoms with Gasteiger partial charge in [-0.15, -0.1) is 11.8 Å². The Hall–Kier alpha value is -1.82. The molecule has 2 rings (SSSR count). The van der Waals surface area contributed by atoms with Gasteiger partial charge in [0.05, 0.1) is 5.56 Å². The number of aryl methyl sites for hydroxylation is 1. The Morgan fingerprint density at radius 3 is 2.10 bits per heavy atom. The van der Waals surface area contributed by atoms with Crippen LogP contribution in [0.2, 0.25) is 0 Å². The van der Waals surface area contributed by atoms with E-state index in [9.17, 15) is 18.1 Å². The molecule has 21 heavy (non-hydrogen) atoms. The first-order chi connectivity index (χ1) is 9.99. The maximum absolute atomic E-state index is 12.4. The molecule has 0 heterocycles. The van der Waals surface area contributed by atoms with Gasteiger partial charge in [0, 0.05) is 32.9 Å². The molecule has 0 spiro atoms. The van der Waals surface area contributed by atoms with E-state index < -0.39 is 11.7 Å². The number of hydrogen-bond acceptors (Lipinski definition) is 2. The van der Waals surface area contributed by atoms with Crippen LogP contribution in [0.25, 0.3) is 0 Å². The maximum atomic E-state index is 12.4. The van der Waals surface area contributed by atoms with Gasteiger partial charge in [0.2, 0.25) is 0 Å². The van der Waals surface area contributed by atoms with Crippen molar-refractivity contribution in [3.8, 4) is 0 Å². The van der Waals surface area contributed by atoms with Crippen molar-refractivity contribution in [2.24, 2.45) is 0 Å². The van der Waals surface area contributed by atoms with E-state index in [0.717, 1.165) is 28.3 Å². The lowest BCUT2D eigenvalue weighted by Gasteiger charge is -2.07. The van der Waals surface area contributed by atoms with E-state index in [1.807, 2.05) is 12.1 Å². The molecule has 2 nitrogen and oxygen atoms in total. The maximum Gasteiger partial charge on any atom is 0.416 e. The van der Waals surface area contributed by atoms with Crippen LogP contribution in [0.15, 0.2) is 53.4 Å². The van der Waals surface area contributed by atoms with E-state index in [-0.39, 0.29) is 0 Å². The molecule has 1 N–H and O–H groups in total. The lowest BCUT2D eigenvalue weighted by atomic mass is 10.1. The van der Waals surface area contributed by atoms with Crippen molar-refractivity contribution in [1.82, 2.24) is 0 Å². The largest absolute Gasteiger partial charge is 0.416 e. The summed E-state index contributed by atoms with van der Waals surface area (Å²) in [6.45, 7) is 0. The van der Waals surface area contributed by atoms with Crippen LogP contribution < -0.4 is 5.18 Å². The van der Waals surface area contributed by atoms with Gasteiger partial charge in [-0.05, 0) is 36.2 Å². The molecule has 0 aromatic heterocycles. The molecule has 0 saturated heterocycles. The van der Waals surface area contributed by atoms with E-state index in [0.29, 0.717) is 12.1 Å². The van der Waals surface area contributed by atoms with E-state index in [1.54, 1.807) is 29.1 Å². The fourth-order valence-corrected chi connectivity index (χ4v) is 2.67. The number of thioether (sulfide) groups is 1. The molecule has 110 valence electrons. The topological polar surface area (TPSA) is 31.0 Å². The highest BCUT2D eigenvalue weighted by atomic mass is 32.2. The molecular formula is C15H13F3NOS+. The fourth-order valence-electron chi connectivity index (χ4n) is 1.77. The summed E-state index contributed by atoms with van der Waals surface area (Å²) in [5.41, 5.74) is 0.745. The Labute approximate surface area is 124 Å². The minimum Gasteiger partial charge on any atom is -0.166 e. The molecule has 0 atom stereocenters. The molecule has 0 bridgehead atoms. The summed E-state index contributed by atoms with van der Waals surface area (Å²) in [7, 11) is 0. The third kappa shape index (κ3) is 4.60. The van der Waals surface area contributed by atoms with Gasteiger partial charge in [0.1, 0.15) is 0 Å². The van der Waals surface area contributed by atoms with E-state index in [4.69, 9.17) is 0 Å². The van der Waals surface area contributed by atoms with Crippen molar-refractivity contribution in [2.45, 2.75) is 17.5 Å². The zero-order valence-electron chi connectivity index (χ0n) is 11.0. The minimum atomic E-state index is -4.29. The number of alkyl halides is 3. The molecule has 2 aromatic rings. The Morgan fingerprint density at radius 2 is 1.57 bits per heavy atom. The molecule has 0 unspecified atom stereocenters. The standard InChI is InChI=1S/C15H12F3NOS/c16-15(17,18)12-3-1-11(2-4-12)9-10-21-14-7-5-13(19-20)6-8-14/h1-8H,9-10H2/p+1. The molecule has 0 saturated carbocycles. The summed E-state index contributed by atoms with van der Waals surface area (Å²) < 4.78 is 37.3. The molecule has 0 aliphatic carbocycles. The second-order valence-electron chi connectivity index (χ2n) is 4.42. The second kappa shape index (κ2) is 6.76. The summed E-state index contributed by atoms with van der Waals surface area (Å²) in [5.74, 6) is 0.759. The Bertz CT molecular complexity index is 594. The van der Waals surface area contributed by atoms with Crippen LogP contribution in [0.3, 0.4) is 0 Å². The molecule has 0 radical (unpaired) electrons. The monoisotopic (exact) mass is 312 g/mol. The number of rotatable bonds is 5. The first-order valence-corrected chi connectivity index (χ1v) is 7.25. The number of hydrogen-bond donors (Lipinski definition) is 1. The lowest BCUT2D eigenvalue weighted by molar-refractivity contribution is -0.379. The van der Waals surface area contributed by atoms with Crippen LogP contribution >= 0.6 is 11.8 Å². The normalized spacial score (nSPS) is 11.4. The number of nitrogens with one attached hydrogen (secondary N) is 1. The molecule has 0 fully saturated rings. The SMILES string of the molecule is O=[NH+]c1ccc(SCCc2ccc(C(F)(F)F)cc2)cc1. The molecule has 0 amide bonds. The van der Waals surface area contributed by atoms with Gasteiger partial charge >= 0.3 is 6.18 Å². The van der Waals surface area contributed by atoms with Gasteiger partial charge in [-0.1, -0.05) is 12.1 Å². The van der Waals surface area contributed by atoms with Crippen molar-refractivity contribution in [3.05, 3.63) is 64.6 Å². The molecule has 6 heteroatoms. The highest BCUT2D eigenvalue weighted by molar-refractivity contribution is 7.99. The molecule has 2 aromatic carbocycles. The van der Waals surface area contributed by atoms with E-state index >= 15 is 0 Å². The van der Waals surface area contributed by atoms with Gasteiger partial charge in [0.25, 0.3) is 5.69 Å². The van der Waals surface area contributed by atoms with Gasteiger partial charge in [-0.25, -0.2) is 0 Å². The van der Waals surface area contributed by atoms with Crippen molar-refractivity contribution in [2.75, 3.05) is 5.75 Å². The second-order valence-corrected chi connectivity index (χ2v) is 5.59. The Balaban J connectivity index is 1.86. The smallest absolute Gasteiger partial charge is 0.166 e. The van der Waals surface area contributed by atoms with Crippen LogP contribution in [0.4, 0.5) is 18.9 Å². The van der Waals surface area contributed by atoms with Crippen LogP contribution in [0.5, 0.6) is 0 Å². The van der Waals surface area contributed by atoms with Crippen LogP contribution in [0.1, 0.15) is 11.1 Å². The van der Waals surface area contributed by atoms with Crippen molar-refractivity contribution in [3.63, 3.8) is 0 Å². The molecule has 0 aliphatic heterocycles. The summed E-state index contributed by atoms with van der Waals surface area (Å²) in [5, 5.41) is 1.80. The van der Waals surface area contributed by atoms with Crippen LogP contribution in [-0.4, -0.2) is 5.75 Å². The Kier molecular flexibility index (Phi) is 5.01. The van der Waals surface area contributed by atoms with Crippen molar-refractivity contribution >= 4 is 17.4 Å². The number of halogens is 3. The minimum absolute atomic E-state index is 0.502. The van der Waals surface area contributed by atoms with Gasteiger partial charge in [-0.3, -0.25) is 0 Å². The summed E-state index contributed by atoms with van der Waals surface area (Å²) in [6.07, 6.45) is -3.60. The lowest BCUT2D eigenvalue weighted by Crippen LogP contribution is -2.55. The summed E-state index contributed by atoms with van der Waals surface area (Å²) in [4.78, 5) is 11.4. The first-order valence-electron chi connectivity index (χ1n) is 6.26. The third-order valence-electron chi connectivity index (χ3n) is 2.91. The van der Waals surface area contributed by atoms with Crippen molar-refractivity contribution < 1.29 is 18.3 Å². The van der Waals surface area contributed by atoms with E-state index in [2.05, 4.69) is 0 Å². The average Bonchev–Trinajstić information content (AvgIpc) is 2.47. The first kappa shape index (κ1) is 15.6. The zero-order valence-corrected chi connectivity index (χ0v) is 11.8. The predicted molar refractivity (Wildman–Crippen MR) is 76.3 cm³/mol. The molecule has 0 aliphatic rings. The van der Waals surface area contributed by atoms with Gasteiger partial charge in [0.15, 0.2) is 0 Å². The Morgan fingerprint density at radius 1 is 0.952 bits per heavy atom. The third-order valence-corrected chi connectivity index (χ3v) is 3.93. The van der Waals surface area contributed by atoms with E-state index in [1.165, 1.54) is 12.1 Å². The van der Waals surface area contributed by atoms with Crippen LogP contribution in [0, 0.1) is 4.91 Å². The fraction of sp³-hybridized carbons (Fsp3) is 0.200. The van der Waals surface area contributed by atoms with Gasteiger partial charge < -0.3 is 0 Å². The predicted octanol–water partition coefficient (Wildman–Crippen LogP) is 3.52. The molecular weight excluding hydrogens is 299 g/mol. The summed E-state index contributed by atoms with van der Waals surface area (Å²) in [6, 6.07) is 12.3. The highest BCUT2D eigenvalue weighted by Crippen LogP contribution is 2.29. The quantitative estimate of drug-likeness (QED) is 0.857. The van der Waals surface area contributed by atoms with Crippen LogP contribution in [-0.2, 0) is 12.6 Å². The number of nitroso groups, excluding NO2 is 1.